The fourth-order valence-corrected chi connectivity index (χ4v) is 2.28. The van der Waals surface area contributed by atoms with Crippen LogP contribution in [0.15, 0.2) is 36.2 Å². The second-order valence-corrected chi connectivity index (χ2v) is 5.68. The van der Waals surface area contributed by atoms with Gasteiger partial charge in [0, 0.05) is 98.5 Å². The first kappa shape index (κ1) is 27.9. The van der Waals surface area contributed by atoms with Gasteiger partial charge in [-0.1, -0.05) is 12.8 Å². The molecule has 6 nitrogen and oxygen atoms in total. The second kappa shape index (κ2) is 15.7. The summed E-state index contributed by atoms with van der Waals surface area (Å²) in [5.74, 6) is 0. The standard InChI is InChI=1S/2C9H13N2O.2Y/c1-3-4-5-8-6-10-9(12)11(2)7-8;1-3-4-5-8-6-7-10-9(12)11(8)2;;/h1,3,6H,4-5,7H2,2H3,(H,10,12);1,3,6-8H,4-5H2,2H3,(H,10,12);;/q2*-1;;. The Morgan fingerprint density at radius 3 is 2.35 bits per heavy atom. The summed E-state index contributed by atoms with van der Waals surface area (Å²) in [6.07, 6.45) is 12.2. The monoisotopic (exact) mass is 508 g/mol. The van der Waals surface area contributed by atoms with Crippen molar-refractivity contribution in [1.29, 1.82) is 0 Å². The molecular formula is C18H26N4O2Y2-2. The van der Waals surface area contributed by atoms with Gasteiger partial charge in [0.1, 0.15) is 0 Å². The normalized spacial score (nSPS) is 18.1. The van der Waals surface area contributed by atoms with Crippen molar-refractivity contribution < 1.29 is 75.0 Å². The minimum absolute atomic E-state index is 0. The van der Waals surface area contributed by atoms with Crippen LogP contribution in [0.25, 0.3) is 0 Å². The SMILES string of the molecule is [CH-]=CCCC1=CNC(=O)N(C)C1.[CH-]=CCCC1C=CNC(=O)N1C.[Y].[Y]. The van der Waals surface area contributed by atoms with E-state index in [-0.39, 0.29) is 83.5 Å². The minimum atomic E-state index is -0.0560. The molecule has 8 heteroatoms. The van der Waals surface area contributed by atoms with E-state index < -0.39 is 0 Å². The fraction of sp³-hybridized carbons (Fsp3) is 0.444. The van der Waals surface area contributed by atoms with Crippen molar-refractivity contribution in [3.63, 3.8) is 0 Å². The van der Waals surface area contributed by atoms with E-state index in [2.05, 4.69) is 10.6 Å². The van der Waals surface area contributed by atoms with Crippen LogP contribution >= 0.6 is 0 Å². The zero-order valence-electron chi connectivity index (χ0n) is 15.5. The molecule has 2 heterocycles. The first-order chi connectivity index (χ1) is 11.5. The van der Waals surface area contributed by atoms with E-state index in [9.17, 15) is 9.59 Å². The maximum atomic E-state index is 11.1. The Kier molecular flexibility index (Phi) is 16.9. The topological polar surface area (TPSA) is 64.7 Å². The molecule has 0 saturated heterocycles. The molecule has 1 unspecified atom stereocenters. The van der Waals surface area contributed by atoms with Gasteiger partial charge in [0.15, 0.2) is 0 Å². The molecule has 2 radical (unpaired) electrons. The average Bonchev–Trinajstić information content (AvgIpc) is 2.58. The molecule has 0 bridgehead atoms. The molecule has 26 heavy (non-hydrogen) atoms. The van der Waals surface area contributed by atoms with E-state index in [1.54, 1.807) is 48.4 Å². The van der Waals surface area contributed by atoms with Gasteiger partial charge in [-0.15, -0.1) is 0 Å². The maximum Gasteiger partial charge on any atom is 0.321 e. The summed E-state index contributed by atoms with van der Waals surface area (Å²) in [6, 6.07) is 0.0774. The molecule has 0 saturated carbocycles. The number of likely N-dealkylation sites (N-methyl/N-ethyl adjacent to an activating group) is 2. The summed E-state index contributed by atoms with van der Waals surface area (Å²) in [6.45, 7) is 11.2. The van der Waals surface area contributed by atoms with Gasteiger partial charge in [-0.2, -0.15) is 0 Å². The van der Waals surface area contributed by atoms with E-state index in [0.717, 1.165) is 25.7 Å². The molecule has 0 aromatic carbocycles. The van der Waals surface area contributed by atoms with Crippen molar-refractivity contribution in [2.24, 2.45) is 0 Å². The van der Waals surface area contributed by atoms with E-state index in [1.165, 1.54) is 5.57 Å². The van der Waals surface area contributed by atoms with Crippen LogP contribution in [-0.4, -0.2) is 48.5 Å². The minimum Gasteiger partial charge on any atom is -0.518 e. The summed E-state index contributed by atoms with van der Waals surface area (Å²) in [7, 11) is 3.55. The number of rotatable bonds is 6. The number of allylic oxidation sites excluding steroid dienone is 2. The molecule has 0 spiro atoms. The average molecular weight is 508 g/mol. The Hall–Kier alpha value is -0.292. The summed E-state index contributed by atoms with van der Waals surface area (Å²) < 4.78 is 0. The van der Waals surface area contributed by atoms with Crippen LogP contribution in [0.4, 0.5) is 9.59 Å². The molecule has 2 rings (SSSR count). The molecule has 2 aliphatic heterocycles. The van der Waals surface area contributed by atoms with Crippen molar-refractivity contribution in [2.75, 3.05) is 20.6 Å². The van der Waals surface area contributed by atoms with Crippen LogP contribution in [0.1, 0.15) is 25.7 Å². The van der Waals surface area contributed by atoms with Gasteiger partial charge in [0.25, 0.3) is 0 Å². The molecule has 0 aliphatic carbocycles. The van der Waals surface area contributed by atoms with Crippen LogP contribution in [0.2, 0.25) is 0 Å². The van der Waals surface area contributed by atoms with E-state index in [1.807, 2.05) is 6.08 Å². The molecule has 4 amide bonds. The van der Waals surface area contributed by atoms with Crippen molar-refractivity contribution in [1.82, 2.24) is 20.4 Å². The zero-order valence-corrected chi connectivity index (χ0v) is 21.2. The van der Waals surface area contributed by atoms with Gasteiger partial charge < -0.3 is 33.6 Å². The third-order valence-electron chi connectivity index (χ3n) is 3.79. The van der Waals surface area contributed by atoms with Crippen LogP contribution < -0.4 is 10.6 Å². The van der Waals surface area contributed by atoms with E-state index in [0.29, 0.717) is 6.54 Å². The first-order valence-corrected chi connectivity index (χ1v) is 7.96. The number of carbonyl (C=O) groups excluding carboxylic acids is 2. The van der Waals surface area contributed by atoms with Crippen molar-refractivity contribution in [3.8, 4) is 0 Å². The van der Waals surface area contributed by atoms with Crippen molar-refractivity contribution >= 4 is 12.1 Å². The predicted octanol–water partition coefficient (Wildman–Crippen LogP) is 2.58. The Morgan fingerprint density at radius 2 is 1.77 bits per heavy atom. The predicted molar refractivity (Wildman–Crippen MR) is 94.7 cm³/mol. The van der Waals surface area contributed by atoms with E-state index in [4.69, 9.17) is 13.2 Å². The number of nitrogens with one attached hydrogen (secondary N) is 2. The number of hydrogen-bond acceptors (Lipinski definition) is 2. The summed E-state index contributed by atoms with van der Waals surface area (Å²) >= 11 is 0. The van der Waals surface area contributed by atoms with Gasteiger partial charge in [0.05, 0.1) is 6.04 Å². The Labute approximate surface area is 207 Å². The fourth-order valence-electron chi connectivity index (χ4n) is 2.28. The van der Waals surface area contributed by atoms with Crippen LogP contribution in [0, 0.1) is 13.2 Å². The summed E-state index contributed by atoms with van der Waals surface area (Å²) in [5.41, 5.74) is 1.21. The first-order valence-electron chi connectivity index (χ1n) is 7.96. The summed E-state index contributed by atoms with van der Waals surface area (Å²) in [5, 5.41) is 5.26. The van der Waals surface area contributed by atoms with Gasteiger partial charge in [-0.3, -0.25) is 12.2 Å². The Balaban J connectivity index is 0. The quantitative estimate of drug-likeness (QED) is 0.543. The van der Waals surface area contributed by atoms with Gasteiger partial charge in [0.2, 0.25) is 0 Å². The Morgan fingerprint density at radius 1 is 1.12 bits per heavy atom. The van der Waals surface area contributed by atoms with Crippen LogP contribution in [0.3, 0.4) is 0 Å². The molecule has 1 atom stereocenters. The molecule has 0 aromatic heterocycles. The molecule has 2 aliphatic rings. The van der Waals surface area contributed by atoms with Crippen molar-refractivity contribution in [3.05, 3.63) is 49.4 Å². The van der Waals surface area contributed by atoms with Crippen LogP contribution in [-0.2, 0) is 65.4 Å². The number of carbonyl (C=O) groups is 2. The number of amides is 4. The molecule has 138 valence electrons. The Bertz CT molecular complexity index is 535. The number of nitrogens with zero attached hydrogens (tertiary/aromatic N) is 2. The third kappa shape index (κ3) is 10.1. The molecule has 2 N–H and O–H groups in total. The van der Waals surface area contributed by atoms with Gasteiger partial charge in [-0.05, 0) is 24.5 Å². The second-order valence-electron chi connectivity index (χ2n) is 5.68. The molecular weight excluding hydrogens is 482 g/mol. The zero-order chi connectivity index (χ0) is 17.9. The molecule has 0 fully saturated rings. The third-order valence-corrected chi connectivity index (χ3v) is 3.79. The largest absolute Gasteiger partial charge is 0.518 e. The summed E-state index contributed by atoms with van der Waals surface area (Å²) in [4.78, 5) is 25.4. The van der Waals surface area contributed by atoms with Gasteiger partial charge in [-0.25, -0.2) is 9.59 Å². The smallest absolute Gasteiger partial charge is 0.321 e. The van der Waals surface area contributed by atoms with Crippen molar-refractivity contribution in [2.45, 2.75) is 31.7 Å². The van der Waals surface area contributed by atoms with Crippen LogP contribution in [0.5, 0.6) is 0 Å². The number of hydrogen-bond donors (Lipinski definition) is 2. The maximum absolute atomic E-state index is 11.1. The van der Waals surface area contributed by atoms with E-state index >= 15 is 0 Å². The van der Waals surface area contributed by atoms with Gasteiger partial charge >= 0.3 is 12.1 Å². The molecule has 0 aromatic rings. The number of urea groups is 2.